The van der Waals surface area contributed by atoms with E-state index < -0.39 is 34.3 Å². The topological polar surface area (TPSA) is 78.9 Å². The van der Waals surface area contributed by atoms with E-state index in [1.807, 2.05) is 6.92 Å². The van der Waals surface area contributed by atoms with Crippen LogP contribution in [0.4, 0.5) is 0 Å². The van der Waals surface area contributed by atoms with Gasteiger partial charge in [0.15, 0.2) is 6.61 Å². The predicted octanol–water partition coefficient (Wildman–Crippen LogP) is 1.27. The van der Waals surface area contributed by atoms with Crippen LogP contribution in [0.25, 0.3) is 0 Å². The lowest BCUT2D eigenvalue weighted by atomic mass is 10.4. The molecule has 120 valence electrons. The van der Waals surface area contributed by atoms with Gasteiger partial charge in [0.05, 0.1) is 6.61 Å². The first kappa shape index (κ1) is 19.4. The normalized spacial score (nSPS) is 11.0. The fraction of sp³-hybridized carbons (Fsp3) is 0.643. The Balaban J connectivity index is 3.73. The van der Waals surface area contributed by atoms with E-state index in [-0.39, 0.29) is 0 Å². The maximum Gasteiger partial charge on any atom is 0.331 e. The molecule has 0 heterocycles. The Morgan fingerprint density at radius 1 is 0.952 bits per heavy atom. The summed E-state index contributed by atoms with van der Waals surface area (Å²) in [6, 6.07) is 0.930. The van der Waals surface area contributed by atoms with Gasteiger partial charge in [0, 0.05) is 12.2 Å². The van der Waals surface area contributed by atoms with Gasteiger partial charge in [-0.05, 0) is 12.5 Å². The molecule has 0 saturated heterocycles. The third-order valence-electron chi connectivity index (χ3n) is 2.44. The van der Waals surface area contributed by atoms with Crippen LogP contribution in [0, 0.1) is 0 Å². The first-order valence-electron chi connectivity index (χ1n) is 7.27. The Bertz CT molecular complexity index is 353. The number of esters is 2. The van der Waals surface area contributed by atoms with Gasteiger partial charge < -0.3 is 13.9 Å². The predicted molar refractivity (Wildman–Crippen MR) is 80.3 cm³/mol. The molecule has 0 rings (SSSR count). The highest BCUT2D eigenvalue weighted by Gasteiger charge is 2.06. The molecule has 0 aromatic rings. The van der Waals surface area contributed by atoms with Crippen LogP contribution >= 0.6 is 0 Å². The van der Waals surface area contributed by atoms with Crippen molar-refractivity contribution in [1.29, 1.82) is 0 Å². The van der Waals surface area contributed by atoms with Crippen LogP contribution in [0.3, 0.4) is 0 Å². The van der Waals surface area contributed by atoms with Crippen molar-refractivity contribution in [3.05, 3.63) is 12.2 Å². The van der Waals surface area contributed by atoms with Crippen LogP contribution in [0.15, 0.2) is 12.2 Å². The minimum Gasteiger partial charge on any atom is -0.522 e. The second-order valence-electron chi connectivity index (χ2n) is 4.39. The first-order chi connectivity index (χ1) is 10.1. The van der Waals surface area contributed by atoms with Crippen molar-refractivity contribution in [2.75, 3.05) is 13.2 Å². The Morgan fingerprint density at radius 2 is 1.57 bits per heavy atom. The average molecular weight is 316 g/mol. The van der Waals surface area contributed by atoms with Crippen LogP contribution < -0.4 is 0 Å². The third kappa shape index (κ3) is 13.1. The van der Waals surface area contributed by atoms with Crippen molar-refractivity contribution < 1.29 is 28.3 Å². The van der Waals surface area contributed by atoms with Crippen molar-refractivity contribution in [2.24, 2.45) is 0 Å². The van der Waals surface area contributed by atoms with Gasteiger partial charge in [-0.3, -0.25) is 0 Å². The van der Waals surface area contributed by atoms with E-state index in [0.29, 0.717) is 6.61 Å². The Hall–Kier alpha value is -1.63. The zero-order valence-electron chi connectivity index (χ0n) is 12.8. The summed E-state index contributed by atoms with van der Waals surface area (Å²) in [7, 11) is -0.861. The zero-order valence-corrected chi connectivity index (χ0v) is 14.2. The Labute approximate surface area is 127 Å². The summed E-state index contributed by atoms with van der Waals surface area (Å²) in [6.45, 7) is 3.94. The molecule has 0 radical (unpaired) electrons. The fourth-order valence-corrected chi connectivity index (χ4v) is 2.42. The van der Waals surface area contributed by atoms with E-state index in [1.54, 1.807) is 0 Å². The third-order valence-corrected chi connectivity index (χ3v) is 3.76. The molecule has 0 bridgehead atoms. The standard InChI is InChI=1S/C14H24O6Si/c1-3-5-9-18-12(15)7-8-13(16)19-11-14(17)20-21-10-6-4-2/h7-8H,3-6,9-11,21H2,1-2H3. The highest BCUT2D eigenvalue weighted by Crippen LogP contribution is 1.95. The maximum atomic E-state index is 11.2. The lowest BCUT2D eigenvalue weighted by Gasteiger charge is -2.04. The highest BCUT2D eigenvalue weighted by molar-refractivity contribution is 6.30. The minimum absolute atomic E-state index is 0.323. The molecule has 0 aliphatic rings. The molecule has 0 atom stereocenters. The van der Waals surface area contributed by atoms with Gasteiger partial charge in [0.2, 0.25) is 9.76 Å². The summed E-state index contributed by atoms with van der Waals surface area (Å²) in [5.74, 6) is -1.91. The van der Waals surface area contributed by atoms with E-state index in [1.165, 1.54) is 0 Å². The second kappa shape index (κ2) is 13.4. The molecule has 0 aromatic carbocycles. The molecule has 7 heteroatoms. The van der Waals surface area contributed by atoms with Crippen molar-refractivity contribution >= 4 is 27.7 Å². The number of rotatable bonds is 11. The molecule has 0 unspecified atom stereocenters. The molecule has 0 spiro atoms. The highest BCUT2D eigenvalue weighted by atomic mass is 28.2. The van der Waals surface area contributed by atoms with Crippen LogP contribution in [0.2, 0.25) is 6.04 Å². The first-order valence-corrected chi connectivity index (χ1v) is 8.85. The fourth-order valence-electron chi connectivity index (χ4n) is 1.26. The van der Waals surface area contributed by atoms with E-state index in [2.05, 4.69) is 11.7 Å². The van der Waals surface area contributed by atoms with Crippen molar-refractivity contribution in [2.45, 2.75) is 45.6 Å². The number of unbranched alkanes of at least 4 members (excludes halogenated alkanes) is 2. The van der Waals surface area contributed by atoms with E-state index in [4.69, 9.17) is 9.16 Å². The molecule has 0 aliphatic carbocycles. The molecular formula is C14H24O6Si. The van der Waals surface area contributed by atoms with E-state index >= 15 is 0 Å². The largest absolute Gasteiger partial charge is 0.522 e. The maximum absolute atomic E-state index is 11.2. The number of carbonyl (C=O) groups is 3. The van der Waals surface area contributed by atoms with Gasteiger partial charge in [-0.2, -0.15) is 0 Å². The van der Waals surface area contributed by atoms with Gasteiger partial charge in [-0.25, -0.2) is 14.4 Å². The molecular weight excluding hydrogens is 292 g/mol. The Morgan fingerprint density at radius 3 is 2.19 bits per heavy atom. The van der Waals surface area contributed by atoms with Crippen molar-refractivity contribution in [3.63, 3.8) is 0 Å². The van der Waals surface area contributed by atoms with Crippen LogP contribution in [0.5, 0.6) is 0 Å². The summed E-state index contributed by atoms with van der Waals surface area (Å²) in [4.78, 5) is 33.6. The summed E-state index contributed by atoms with van der Waals surface area (Å²) >= 11 is 0. The SMILES string of the molecule is CCCCOC(=O)C=CC(=O)OCC(=O)O[SiH2]CCCC. The molecule has 0 amide bonds. The van der Waals surface area contributed by atoms with Gasteiger partial charge >= 0.3 is 17.9 Å². The molecule has 0 saturated carbocycles. The van der Waals surface area contributed by atoms with Gasteiger partial charge in [0.25, 0.3) is 0 Å². The summed E-state index contributed by atoms with van der Waals surface area (Å²) < 4.78 is 14.5. The number of hydrogen-bond acceptors (Lipinski definition) is 6. The van der Waals surface area contributed by atoms with Gasteiger partial charge in [-0.15, -0.1) is 0 Å². The molecule has 0 N–H and O–H groups in total. The van der Waals surface area contributed by atoms with Gasteiger partial charge in [0.1, 0.15) is 0 Å². The summed E-state index contributed by atoms with van der Waals surface area (Å²) in [5.41, 5.74) is 0. The number of carbonyl (C=O) groups excluding carboxylic acids is 3. The Kier molecular flexibility index (Phi) is 12.3. The number of ether oxygens (including phenoxy) is 2. The second-order valence-corrected chi connectivity index (χ2v) is 5.79. The van der Waals surface area contributed by atoms with Crippen LogP contribution in [-0.4, -0.2) is 40.9 Å². The molecule has 0 fully saturated rings. The van der Waals surface area contributed by atoms with Crippen molar-refractivity contribution in [1.82, 2.24) is 0 Å². The lowest BCUT2D eigenvalue weighted by molar-refractivity contribution is -0.150. The van der Waals surface area contributed by atoms with E-state index in [0.717, 1.165) is 43.9 Å². The molecule has 0 aromatic heterocycles. The molecule has 0 aliphatic heterocycles. The minimum atomic E-state index is -0.861. The van der Waals surface area contributed by atoms with Gasteiger partial charge in [-0.1, -0.05) is 33.1 Å². The van der Waals surface area contributed by atoms with Crippen LogP contribution in [0.1, 0.15) is 39.5 Å². The zero-order chi connectivity index (χ0) is 15.9. The smallest absolute Gasteiger partial charge is 0.331 e. The summed E-state index contributed by atoms with van der Waals surface area (Å²) in [5, 5.41) is 0. The monoisotopic (exact) mass is 316 g/mol. The lowest BCUT2D eigenvalue weighted by Crippen LogP contribution is -2.17. The van der Waals surface area contributed by atoms with E-state index in [9.17, 15) is 14.4 Å². The molecule has 21 heavy (non-hydrogen) atoms. The molecule has 6 nitrogen and oxygen atoms in total. The van der Waals surface area contributed by atoms with Crippen molar-refractivity contribution in [3.8, 4) is 0 Å². The average Bonchev–Trinajstić information content (AvgIpc) is 2.47. The quantitative estimate of drug-likeness (QED) is 0.247. The van der Waals surface area contributed by atoms with Crippen LogP contribution in [-0.2, 0) is 28.3 Å². The summed E-state index contributed by atoms with van der Waals surface area (Å²) in [6.07, 6.45) is 5.73. The number of hydrogen-bond donors (Lipinski definition) is 0.